The number of ether oxygens (including phenoxy) is 1. The van der Waals surface area contributed by atoms with Crippen LogP contribution < -0.4 is 15.4 Å². The molecule has 22 heavy (non-hydrogen) atoms. The van der Waals surface area contributed by atoms with Gasteiger partial charge in [-0.05, 0) is 30.4 Å². The van der Waals surface area contributed by atoms with Gasteiger partial charge in [-0.25, -0.2) is 4.79 Å². The number of amides is 2. The number of aliphatic hydroxyl groups is 1. The third-order valence-electron chi connectivity index (χ3n) is 3.27. The summed E-state index contributed by atoms with van der Waals surface area (Å²) in [5, 5.41) is 14.8. The minimum Gasteiger partial charge on any atom is -0.491 e. The first-order valence-electron chi connectivity index (χ1n) is 7.84. The van der Waals surface area contributed by atoms with Crippen molar-refractivity contribution in [1.29, 1.82) is 0 Å². The average Bonchev–Trinajstić information content (AvgIpc) is 2.45. The zero-order chi connectivity index (χ0) is 16.5. The van der Waals surface area contributed by atoms with Crippen molar-refractivity contribution in [2.45, 2.75) is 40.2 Å². The highest BCUT2D eigenvalue weighted by Gasteiger charge is 2.16. The lowest BCUT2D eigenvalue weighted by molar-refractivity contribution is 0.227. The molecule has 0 spiro atoms. The zero-order valence-corrected chi connectivity index (χ0v) is 13.9. The maximum Gasteiger partial charge on any atom is 0.319 e. The molecular formula is C17H28N2O3. The van der Waals surface area contributed by atoms with Crippen LogP contribution in [0.3, 0.4) is 0 Å². The number of benzene rings is 1. The predicted molar refractivity (Wildman–Crippen MR) is 89.3 cm³/mol. The molecule has 0 radical (unpaired) electrons. The number of nitrogens with one attached hydrogen (secondary N) is 2. The lowest BCUT2D eigenvalue weighted by Crippen LogP contribution is -2.41. The fraction of sp³-hybridized carbons (Fsp3) is 0.588. The van der Waals surface area contributed by atoms with Crippen molar-refractivity contribution in [3.05, 3.63) is 24.3 Å². The highest BCUT2D eigenvalue weighted by molar-refractivity contribution is 5.91. The minimum atomic E-state index is -0.284. The van der Waals surface area contributed by atoms with Crippen LogP contribution in [0.5, 0.6) is 5.75 Å². The highest BCUT2D eigenvalue weighted by atomic mass is 16.5. The number of hydrogen-bond donors (Lipinski definition) is 3. The summed E-state index contributed by atoms with van der Waals surface area (Å²) in [5.41, 5.74) is 0.646. The second kappa shape index (κ2) is 9.30. The molecular weight excluding hydrogens is 280 g/mol. The standard InChI is InChI=1S/C17H28N2O3/c1-12(2)11-22-16-8-6-5-7-15(16)19-17(21)18-14(9-10-20)13(3)4/h5-8,12-14,20H,9-11H2,1-4H3,(H2,18,19,21)/t14-/m1/s1. The number of carbonyl (C=O) groups excluding carboxylic acids is 1. The first kappa shape index (κ1) is 18.3. The Morgan fingerprint density at radius 3 is 2.50 bits per heavy atom. The minimum absolute atomic E-state index is 0.0528. The topological polar surface area (TPSA) is 70.6 Å². The summed E-state index contributed by atoms with van der Waals surface area (Å²) in [5.74, 6) is 1.33. The molecule has 5 heteroatoms. The van der Waals surface area contributed by atoms with Crippen LogP contribution in [0.25, 0.3) is 0 Å². The van der Waals surface area contributed by atoms with Gasteiger partial charge >= 0.3 is 6.03 Å². The lowest BCUT2D eigenvalue weighted by atomic mass is 10.0. The van der Waals surface area contributed by atoms with Gasteiger partial charge in [-0.1, -0.05) is 39.8 Å². The number of urea groups is 1. The molecule has 1 atom stereocenters. The Bertz CT molecular complexity index is 461. The summed E-state index contributed by atoms with van der Waals surface area (Å²) >= 11 is 0. The Kier molecular flexibility index (Phi) is 7.74. The molecule has 0 aliphatic rings. The molecule has 0 saturated carbocycles. The number of rotatable bonds is 8. The van der Waals surface area contributed by atoms with Gasteiger partial charge in [0, 0.05) is 12.6 Å². The van der Waals surface area contributed by atoms with Gasteiger partial charge in [0.1, 0.15) is 5.75 Å². The summed E-state index contributed by atoms with van der Waals surface area (Å²) in [7, 11) is 0. The molecule has 5 nitrogen and oxygen atoms in total. The summed E-state index contributed by atoms with van der Waals surface area (Å²) in [4.78, 5) is 12.1. The number of hydrogen-bond acceptors (Lipinski definition) is 3. The predicted octanol–water partition coefficient (Wildman–Crippen LogP) is 3.25. The van der Waals surface area contributed by atoms with E-state index in [-0.39, 0.29) is 24.6 Å². The molecule has 0 aliphatic carbocycles. The second-order valence-electron chi connectivity index (χ2n) is 6.16. The van der Waals surface area contributed by atoms with E-state index in [9.17, 15) is 4.79 Å². The zero-order valence-electron chi connectivity index (χ0n) is 13.9. The molecule has 0 bridgehead atoms. The molecule has 1 aromatic rings. The molecule has 3 N–H and O–H groups in total. The first-order chi connectivity index (χ1) is 10.4. The molecule has 1 aromatic carbocycles. The van der Waals surface area contributed by atoms with Crippen LogP contribution in [0.2, 0.25) is 0 Å². The van der Waals surface area contributed by atoms with Crippen LogP contribution in [-0.2, 0) is 0 Å². The van der Waals surface area contributed by atoms with Gasteiger partial charge in [-0.2, -0.15) is 0 Å². The Hall–Kier alpha value is -1.75. The molecule has 0 unspecified atom stereocenters. The van der Waals surface area contributed by atoms with Gasteiger partial charge in [0.25, 0.3) is 0 Å². The van der Waals surface area contributed by atoms with Crippen molar-refractivity contribution in [2.24, 2.45) is 11.8 Å². The van der Waals surface area contributed by atoms with E-state index in [1.807, 2.05) is 38.1 Å². The van der Waals surface area contributed by atoms with Crippen molar-refractivity contribution in [2.75, 3.05) is 18.5 Å². The van der Waals surface area contributed by atoms with Gasteiger partial charge in [-0.15, -0.1) is 0 Å². The maximum absolute atomic E-state index is 12.1. The second-order valence-corrected chi connectivity index (χ2v) is 6.16. The summed E-state index contributed by atoms with van der Waals surface area (Å²) in [6, 6.07) is 7.03. The Morgan fingerprint density at radius 2 is 1.91 bits per heavy atom. The molecule has 0 aliphatic heterocycles. The van der Waals surface area contributed by atoms with Crippen LogP contribution in [0, 0.1) is 11.8 Å². The van der Waals surface area contributed by atoms with Crippen LogP contribution >= 0.6 is 0 Å². The van der Waals surface area contributed by atoms with E-state index in [1.54, 1.807) is 0 Å². The molecule has 1 rings (SSSR count). The largest absolute Gasteiger partial charge is 0.491 e. The first-order valence-corrected chi connectivity index (χ1v) is 7.84. The number of aliphatic hydroxyl groups excluding tert-OH is 1. The van der Waals surface area contributed by atoms with E-state index in [2.05, 4.69) is 24.5 Å². The van der Waals surface area contributed by atoms with E-state index in [1.165, 1.54) is 0 Å². The maximum atomic E-state index is 12.1. The fourth-order valence-electron chi connectivity index (χ4n) is 1.99. The molecule has 0 saturated heterocycles. The summed E-state index contributed by atoms with van der Waals surface area (Å²) in [6.45, 7) is 8.83. The van der Waals surface area contributed by atoms with Gasteiger partial charge in [0.05, 0.1) is 12.3 Å². The molecule has 0 heterocycles. The van der Waals surface area contributed by atoms with E-state index in [4.69, 9.17) is 9.84 Å². The molecule has 0 aromatic heterocycles. The molecule has 0 fully saturated rings. The smallest absolute Gasteiger partial charge is 0.319 e. The van der Waals surface area contributed by atoms with Crippen molar-refractivity contribution >= 4 is 11.7 Å². The van der Waals surface area contributed by atoms with Crippen LogP contribution in [-0.4, -0.2) is 30.4 Å². The van der Waals surface area contributed by atoms with Gasteiger partial charge in [0.2, 0.25) is 0 Å². The lowest BCUT2D eigenvalue weighted by Gasteiger charge is -2.22. The van der Waals surface area contributed by atoms with E-state index in [0.717, 1.165) is 0 Å². The molecule has 124 valence electrons. The van der Waals surface area contributed by atoms with Crippen molar-refractivity contribution in [3.63, 3.8) is 0 Å². The average molecular weight is 308 g/mol. The van der Waals surface area contributed by atoms with Gasteiger partial charge in [0.15, 0.2) is 0 Å². The van der Waals surface area contributed by atoms with Crippen molar-refractivity contribution < 1.29 is 14.6 Å². The summed E-state index contributed by atoms with van der Waals surface area (Å²) < 4.78 is 5.72. The van der Waals surface area contributed by atoms with E-state index < -0.39 is 0 Å². The summed E-state index contributed by atoms with van der Waals surface area (Å²) in [6.07, 6.45) is 0.538. The van der Waals surface area contributed by atoms with Crippen molar-refractivity contribution in [1.82, 2.24) is 5.32 Å². The fourth-order valence-corrected chi connectivity index (χ4v) is 1.99. The number of para-hydroxylation sites is 2. The normalized spacial score (nSPS) is 12.3. The number of anilines is 1. The Balaban J connectivity index is 2.67. The Labute approximate surface area is 133 Å². The molecule has 2 amide bonds. The van der Waals surface area contributed by atoms with Crippen LogP contribution in [0.15, 0.2) is 24.3 Å². The monoisotopic (exact) mass is 308 g/mol. The van der Waals surface area contributed by atoms with E-state index >= 15 is 0 Å². The van der Waals surface area contributed by atoms with Gasteiger partial charge in [-0.3, -0.25) is 0 Å². The third kappa shape index (κ3) is 6.35. The van der Waals surface area contributed by atoms with Crippen LogP contribution in [0.4, 0.5) is 10.5 Å². The number of carbonyl (C=O) groups is 1. The quantitative estimate of drug-likeness (QED) is 0.690. The third-order valence-corrected chi connectivity index (χ3v) is 3.27. The van der Waals surface area contributed by atoms with Crippen LogP contribution in [0.1, 0.15) is 34.1 Å². The SMILES string of the molecule is CC(C)COc1ccccc1NC(=O)N[C@H](CCO)C(C)C. The van der Waals surface area contributed by atoms with Gasteiger partial charge < -0.3 is 20.5 Å². The van der Waals surface area contributed by atoms with E-state index in [0.29, 0.717) is 30.4 Å². The van der Waals surface area contributed by atoms with Crippen molar-refractivity contribution in [3.8, 4) is 5.75 Å². The highest BCUT2D eigenvalue weighted by Crippen LogP contribution is 2.24. The Morgan fingerprint density at radius 1 is 1.23 bits per heavy atom.